The number of ether oxygens (including phenoxy) is 2. The Kier molecular flexibility index (Phi) is 6.66. The maximum Gasteiger partial charge on any atom is 0.136 e. The summed E-state index contributed by atoms with van der Waals surface area (Å²) in [5.74, 6) is 1.65. The molecule has 0 radical (unpaired) electrons. The summed E-state index contributed by atoms with van der Waals surface area (Å²) < 4.78 is 10.9. The highest BCUT2D eigenvalue weighted by atomic mass is 32.1. The molecule has 0 aliphatic carbocycles. The number of allylic oxidation sites excluding steroid dienone is 1. The molecule has 142 valence electrons. The summed E-state index contributed by atoms with van der Waals surface area (Å²) in [4.78, 5) is 4.60. The normalized spacial score (nSPS) is 11.0. The third-order valence-electron chi connectivity index (χ3n) is 3.86. The van der Waals surface area contributed by atoms with E-state index < -0.39 is 0 Å². The lowest BCUT2D eigenvalue weighted by molar-refractivity contribution is 0.340. The van der Waals surface area contributed by atoms with Gasteiger partial charge in [0.2, 0.25) is 0 Å². The fourth-order valence-corrected chi connectivity index (χ4v) is 3.32. The first kappa shape index (κ1) is 19.5. The van der Waals surface area contributed by atoms with Crippen molar-refractivity contribution in [2.24, 2.45) is 0 Å². The lowest BCUT2D eigenvalue weighted by Crippen LogP contribution is -1.93. The molecule has 1 N–H and O–H groups in total. The van der Waals surface area contributed by atoms with Crippen molar-refractivity contribution in [3.05, 3.63) is 65.1 Å². The minimum atomic E-state index is 0.482. The van der Waals surface area contributed by atoms with Gasteiger partial charge >= 0.3 is 0 Å². The molecule has 6 heteroatoms. The van der Waals surface area contributed by atoms with E-state index in [4.69, 9.17) is 9.47 Å². The van der Waals surface area contributed by atoms with E-state index in [0.29, 0.717) is 23.8 Å². The number of benzene rings is 2. The summed E-state index contributed by atoms with van der Waals surface area (Å²) in [6.07, 6.45) is 1.68. The first-order valence-electron chi connectivity index (χ1n) is 9.02. The third-order valence-corrected chi connectivity index (χ3v) is 4.74. The second-order valence-corrected chi connectivity index (χ2v) is 6.62. The quantitative estimate of drug-likeness (QED) is 0.507. The van der Waals surface area contributed by atoms with Crippen LogP contribution in [0.2, 0.25) is 0 Å². The Labute approximate surface area is 168 Å². The highest BCUT2D eigenvalue weighted by molar-refractivity contribution is 7.11. The maximum atomic E-state index is 9.52. The van der Waals surface area contributed by atoms with Crippen LogP contribution in [-0.2, 0) is 0 Å². The Morgan fingerprint density at radius 2 is 1.64 bits per heavy atom. The third kappa shape index (κ3) is 4.90. The van der Waals surface area contributed by atoms with Crippen molar-refractivity contribution in [1.29, 1.82) is 5.26 Å². The standard InChI is InChI=1S/C22H21N3O2S/c1-3-26-19-9-5-16(6-10-19)21-15-28-22(25-21)17(13-23)14-24-18-7-11-20(12-8-18)27-4-2/h5-12,14-15,24H,3-4H2,1-2H3/b17-14+. The van der Waals surface area contributed by atoms with Gasteiger partial charge in [-0.1, -0.05) is 0 Å². The number of aromatic nitrogens is 1. The van der Waals surface area contributed by atoms with Gasteiger partial charge in [-0.05, 0) is 62.4 Å². The highest BCUT2D eigenvalue weighted by Gasteiger charge is 2.09. The van der Waals surface area contributed by atoms with Crippen molar-refractivity contribution in [3.63, 3.8) is 0 Å². The molecule has 0 amide bonds. The van der Waals surface area contributed by atoms with E-state index in [1.54, 1.807) is 6.20 Å². The largest absolute Gasteiger partial charge is 0.494 e. The van der Waals surface area contributed by atoms with Crippen LogP contribution in [0.4, 0.5) is 5.69 Å². The van der Waals surface area contributed by atoms with Gasteiger partial charge in [0.05, 0.1) is 18.9 Å². The highest BCUT2D eigenvalue weighted by Crippen LogP contribution is 2.27. The van der Waals surface area contributed by atoms with Crippen LogP contribution in [0, 0.1) is 11.3 Å². The number of nitrogens with zero attached hydrogens (tertiary/aromatic N) is 2. The van der Waals surface area contributed by atoms with Crippen molar-refractivity contribution in [2.45, 2.75) is 13.8 Å². The summed E-state index contributed by atoms with van der Waals surface area (Å²) in [7, 11) is 0. The first-order chi connectivity index (χ1) is 13.7. The minimum Gasteiger partial charge on any atom is -0.494 e. The summed E-state index contributed by atoms with van der Waals surface area (Å²) in [6.45, 7) is 5.17. The van der Waals surface area contributed by atoms with E-state index in [1.807, 2.05) is 67.8 Å². The summed E-state index contributed by atoms with van der Waals surface area (Å²) in [5, 5.41) is 15.3. The molecular formula is C22H21N3O2S. The second kappa shape index (κ2) is 9.58. The van der Waals surface area contributed by atoms with Gasteiger partial charge in [-0.3, -0.25) is 0 Å². The van der Waals surface area contributed by atoms with E-state index in [-0.39, 0.29) is 0 Å². The van der Waals surface area contributed by atoms with Crippen LogP contribution in [0.25, 0.3) is 16.8 Å². The van der Waals surface area contributed by atoms with E-state index in [2.05, 4.69) is 16.4 Å². The van der Waals surface area contributed by atoms with Crippen LogP contribution in [0.5, 0.6) is 11.5 Å². The molecule has 1 heterocycles. The summed E-state index contributed by atoms with van der Waals surface area (Å²) >= 11 is 1.44. The molecule has 0 saturated carbocycles. The number of hydrogen-bond donors (Lipinski definition) is 1. The molecule has 3 rings (SSSR count). The Balaban J connectivity index is 1.72. The van der Waals surface area contributed by atoms with E-state index in [9.17, 15) is 5.26 Å². The Morgan fingerprint density at radius 1 is 1.04 bits per heavy atom. The smallest absolute Gasteiger partial charge is 0.136 e. The molecule has 5 nitrogen and oxygen atoms in total. The molecule has 0 aliphatic heterocycles. The van der Waals surface area contributed by atoms with Crippen molar-refractivity contribution in [3.8, 4) is 28.8 Å². The fraction of sp³-hybridized carbons (Fsp3) is 0.182. The lowest BCUT2D eigenvalue weighted by Gasteiger charge is -2.05. The van der Waals surface area contributed by atoms with E-state index in [1.165, 1.54) is 11.3 Å². The lowest BCUT2D eigenvalue weighted by atomic mass is 10.2. The van der Waals surface area contributed by atoms with Crippen molar-refractivity contribution in [2.75, 3.05) is 18.5 Å². The van der Waals surface area contributed by atoms with Gasteiger partial charge in [-0.15, -0.1) is 11.3 Å². The molecule has 0 saturated heterocycles. The fourth-order valence-electron chi connectivity index (χ4n) is 2.53. The topological polar surface area (TPSA) is 67.2 Å². The van der Waals surface area contributed by atoms with Crippen LogP contribution in [0.15, 0.2) is 60.1 Å². The molecule has 28 heavy (non-hydrogen) atoms. The number of rotatable bonds is 8. The molecule has 0 atom stereocenters. The monoisotopic (exact) mass is 391 g/mol. The van der Waals surface area contributed by atoms with Crippen molar-refractivity contribution >= 4 is 22.6 Å². The molecule has 0 aliphatic rings. The Hall–Kier alpha value is -3.30. The molecule has 1 aromatic heterocycles. The van der Waals surface area contributed by atoms with Gasteiger partial charge in [0, 0.05) is 22.8 Å². The minimum absolute atomic E-state index is 0.482. The van der Waals surface area contributed by atoms with Gasteiger partial charge in [0.25, 0.3) is 0 Å². The molecule has 0 bridgehead atoms. The van der Waals surface area contributed by atoms with Crippen LogP contribution in [0.1, 0.15) is 18.9 Å². The maximum absolute atomic E-state index is 9.52. The number of thiazole rings is 1. The second-order valence-electron chi connectivity index (χ2n) is 5.77. The van der Waals surface area contributed by atoms with Crippen LogP contribution >= 0.6 is 11.3 Å². The number of nitriles is 1. The van der Waals surface area contributed by atoms with Crippen molar-refractivity contribution in [1.82, 2.24) is 4.98 Å². The predicted octanol–water partition coefficient (Wildman–Crippen LogP) is 5.58. The average Bonchev–Trinajstić information content (AvgIpc) is 3.21. The van der Waals surface area contributed by atoms with Crippen LogP contribution in [-0.4, -0.2) is 18.2 Å². The SMILES string of the molecule is CCOc1ccc(N/C=C(\C#N)c2nc(-c3ccc(OCC)cc3)cs2)cc1. The van der Waals surface area contributed by atoms with Crippen molar-refractivity contribution < 1.29 is 9.47 Å². The molecule has 3 aromatic rings. The average molecular weight is 391 g/mol. The zero-order valence-corrected chi connectivity index (χ0v) is 16.6. The zero-order valence-electron chi connectivity index (χ0n) is 15.8. The molecular weight excluding hydrogens is 370 g/mol. The zero-order chi connectivity index (χ0) is 19.8. The Morgan fingerprint density at radius 3 is 2.21 bits per heavy atom. The van der Waals surface area contributed by atoms with Crippen LogP contribution in [0.3, 0.4) is 0 Å². The van der Waals surface area contributed by atoms with Gasteiger partial charge in [0.15, 0.2) is 0 Å². The van der Waals surface area contributed by atoms with E-state index in [0.717, 1.165) is 28.4 Å². The van der Waals surface area contributed by atoms with Gasteiger partial charge in [-0.25, -0.2) is 4.98 Å². The first-order valence-corrected chi connectivity index (χ1v) is 9.90. The predicted molar refractivity (Wildman–Crippen MR) is 114 cm³/mol. The van der Waals surface area contributed by atoms with E-state index >= 15 is 0 Å². The number of anilines is 1. The summed E-state index contributed by atoms with van der Waals surface area (Å²) in [5.41, 5.74) is 3.18. The Bertz CT molecular complexity index is 970. The number of nitrogens with one attached hydrogen (secondary N) is 1. The molecule has 0 unspecified atom stereocenters. The summed E-state index contributed by atoms with van der Waals surface area (Å²) in [6, 6.07) is 17.6. The molecule has 0 fully saturated rings. The van der Waals surface area contributed by atoms with Crippen LogP contribution < -0.4 is 14.8 Å². The molecule has 0 spiro atoms. The van der Waals surface area contributed by atoms with Gasteiger partial charge < -0.3 is 14.8 Å². The van der Waals surface area contributed by atoms with Gasteiger partial charge in [0.1, 0.15) is 28.1 Å². The molecule has 2 aromatic carbocycles. The van der Waals surface area contributed by atoms with Gasteiger partial charge in [-0.2, -0.15) is 5.26 Å². The number of hydrogen-bond acceptors (Lipinski definition) is 6.